The molecule has 7 N–H and O–H groups in total. The van der Waals surface area contributed by atoms with Crippen LogP contribution in [0.25, 0.3) is 0 Å². The number of carbonyl (C=O) groups is 4. The van der Waals surface area contributed by atoms with Gasteiger partial charge >= 0.3 is 0 Å². The molecule has 0 saturated heterocycles. The number of aromatic hydroxyl groups is 1. The van der Waals surface area contributed by atoms with E-state index in [1.54, 1.807) is 12.1 Å². The molecule has 0 radical (unpaired) electrons. The summed E-state index contributed by atoms with van der Waals surface area (Å²) in [4.78, 5) is 50.9. The molecule has 3 aromatic rings. The largest absolute Gasteiger partial charge is 0.508 e. The lowest BCUT2D eigenvalue weighted by atomic mass is 10.0. The van der Waals surface area contributed by atoms with Crippen LogP contribution in [0, 0.1) is 0 Å². The Morgan fingerprint density at radius 2 is 1.29 bits per heavy atom. The number of phenolic OH excluding ortho intramolecular Hbond substituents is 1. The summed E-state index contributed by atoms with van der Waals surface area (Å²) in [5, 5.41) is 20.1. The van der Waals surface area contributed by atoms with E-state index in [0.29, 0.717) is 13.0 Å². The summed E-state index contributed by atoms with van der Waals surface area (Å²) >= 11 is 0. The van der Waals surface area contributed by atoms with Crippen molar-refractivity contribution in [1.82, 2.24) is 21.3 Å². The number of hydrogen-bond donors (Lipinski definition) is 6. The van der Waals surface area contributed by atoms with Crippen molar-refractivity contribution in [1.29, 1.82) is 0 Å². The molecule has 3 aromatic carbocycles. The van der Waals surface area contributed by atoms with Gasteiger partial charge in [0.1, 0.15) is 17.8 Å². The Labute approximate surface area is 239 Å². The topological polar surface area (TPSA) is 163 Å². The Bertz CT molecular complexity index is 1290. The fourth-order valence-electron chi connectivity index (χ4n) is 4.06. The van der Waals surface area contributed by atoms with E-state index in [1.807, 2.05) is 60.7 Å². The maximum atomic E-state index is 13.0. The van der Waals surface area contributed by atoms with Crippen LogP contribution in [-0.2, 0) is 38.4 Å². The number of amides is 4. The highest BCUT2D eigenvalue weighted by Crippen LogP contribution is 2.11. The molecule has 3 rings (SSSR count). The summed E-state index contributed by atoms with van der Waals surface area (Å²) in [5.74, 6) is -1.87. The molecular weight excluding hydrogens is 522 g/mol. The first-order valence-corrected chi connectivity index (χ1v) is 13.5. The molecule has 10 heteroatoms. The van der Waals surface area contributed by atoms with Crippen LogP contribution >= 0.6 is 0 Å². The summed E-state index contributed by atoms with van der Waals surface area (Å²) < 4.78 is 0. The Kier molecular flexibility index (Phi) is 11.9. The SMILES string of the molecule is C[C@@H](NC(=O)[C@@H](N)Cc1ccc(O)cc1)C(=O)N[C@@H](Cc1ccccc1)C(=O)NCC(=O)NCCc1ccccc1. The normalized spacial score (nSPS) is 12.8. The first-order valence-electron chi connectivity index (χ1n) is 13.5. The van der Waals surface area contributed by atoms with Gasteiger partial charge in [-0.3, -0.25) is 19.2 Å². The molecule has 0 aromatic heterocycles. The van der Waals surface area contributed by atoms with Gasteiger partial charge in [0, 0.05) is 13.0 Å². The zero-order valence-corrected chi connectivity index (χ0v) is 23.0. The molecule has 41 heavy (non-hydrogen) atoms. The van der Waals surface area contributed by atoms with Crippen LogP contribution < -0.4 is 27.0 Å². The van der Waals surface area contributed by atoms with E-state index in [1.165, 1.54) is 19.1 Å². The third-order valence-electron chi connectivity index (χ3n) is 6.40. The predicted molar refractivity (Wildman–Crippen MR) is 156 cm³/mol. The fourth-order valence-corrected chi connectivity index (χ4v) is 4.06. The average Bonchev–Trinajstić information content (AvgIpc) is 2.97. The molecule has 0 fully saturated rings. The lowest BCUT2D eigenvalue weighted by Gasteiger charge is -2.22. The van der Waals surface area contributed by atoms with Gasteiger partial charge in [0.05, 0.1) is 12.6 Å². The van der Waals surface area contributed by atoms with Crippen molar-refractivity contribution in [3.63, 3.8) is 0 Å². The summed E-state index contributed by atoms with van der Waals surface area (Å²) in [5.41, 5.74) is 8.67. The minimum atomic E-state index is -0.980. The predicted octanol–water partition coefficient (Wildman–Crippen LogP) is 0.969. The van der Waals surface area contributed by atoms with Crippen molar-refractivity contribution >= 4 is 23.6 Å². The van der Waals surface area contributed by atoms with E-state index >= 15 is 0 Å². The summed E-state index contributed by atoms with van der Waals surface area (Å²) in [6, 6.07) is 22.3. The zero-order valence-electron chi connectivity index (χ0n) is 23.0. The molecule has 0 bridgehead atoms. The smallest absolute Gasteiger partial charge is 0.243 e. The summed E-state index contributed by atoms with van der Waals surface area (Å²) in [7, 11) is 0. The van der Waals surface area contributed by atoms with Crippen molar-refractivity contribution in [2.75, 3.05) is 13.1 Å². The first-order chi connectivity index (χ1) is 19.7. The van der Waals surface area contributed by atoms with Gasteiger partial charge in [0.25, 0.3) is 0 Å². The molecule has 0 heterocycles. The van der Waals surface area contributed by atoms with Gasteiger partial charge in [-0.15, -0.1) is 0 Å². The van der Waals surface area contributed by atoms with Crippen LogP contribution in [0.1, 0.15) is 23.6 Å². The number of benzene rings is 3. The summed E-state index contributed by atoms with van der Waals surface area (Å²) in [6.07, 6.45) is 1.07. The molecule has 0 unspecified atom stereocenters. The highest BCUT2D eigenvalue weighted by molar-refractivity contribution is 5.94. The quantitative estimate of drug-likeness (QED) is 0.172. The summed E-state index contributed by atoms with van der Waals surface area (Å²) in [6.45, 7) is 1.68. The molecule has 216 valence electrons. The van der Waals surface area contributed by atoms with Crippen molar-refractivity contribution < 1.29 is 24.3 Å². The fraction of sp³-hybridized carbons (Fsp3) is 0.290. The zero-order chi connectivity index (χ0) is 29.6. The molecule has 0 aliphatic carbocycles. The van der Waals surface area contributed by atoms with Crippen LogP contribution in [0.4, 0.5) is 0 Å². The van der Waals surface area contributed by atoms with Crippen LogP contribution in [0.2, 0.25) is 0 Å². The molecule has 4 amide bonds. The molecule has 0 spiro atoms. The van der Waals surface area contributed by atoms with Gasteiger partial charge in [-0.1, -0.05) is 72.8 Å². The molecule has 3 atom stereocenters. The van der Waals surface area contributed by atoms with Gasteiger partial charge < -0.3 is 32.1 Å². The number of nitrogens with two attached hydrogens (primary N) is 1. The third kappa shape index (κ3) is 10.8. The number of phenols is 1. The van der Waals surface area contributed by atoms with E-state index < -0.39 is 35.8 Å². The second-order valence-corrected chi connectivity index (χ2v) is 9.76. The van der Waals surface area contributed by atoms with Crippen LogP contribution in [0.3, 0.4) is 0 Å². The highest BCUT2D eigenvalue weighted by Gasteiger charge is 2.26. The van der Waals surface area contributed by atoms with Crippen molar-refractivity contribution in [2.24, 2.45) is 5.73 Å². The van der Waals surface area contributed by atoms with Crippen LogP contribution in [-0.4, -0.2) is 60.0 Å². The maximum absolute atomic E-state index is 13.0. The first kappa shape index (κ1) is 30.8. The van der Waals surface area contributed by atoms with Gasteiger partial charge in [-0.2, -0.15) is 0 Å². The third-order valence-corrected chi connectivity index (χ3v) is 6.40. The molecule has 0 aliphatic heterocycles. The molecule has 10 nitrogen and oxygen atoms in total. The van der Waals surface area contributed by atoms with E-state index in [-0.39, 0.29) is 31.0 Å². The van der Waals surface area contributed by atoms with Gasteiger partial charge in [-0.25, -0.2) is 0 Å². The highest BCUT2D eigenvalue weighted by atomic mass is 16.3. The van der Waals surface area contributed by atoms with Gasteiger partial charge in [0.2, 0.25) is 23.6 Å². The van der Waals surface area contributed by atoms with Gasteiger partial charge in [-0.05, 0) is 48.6 Å². The lowest BCUT2D eigenvalue weighted by Crippen LogP contribution is -2.56. The Balaban J connectivity index is 1.52. The van der Waals surface area contributed by atoms with Crippen molar-refractivity contribution in [2.45, 2.75) is 44.3 Å². The minimum Gasteiger partial charge on any atom is -0.508 e. The van der Waals surface area contributed by atoms with Crippen LogP contribution in [0.5, 0.6) is 5.75 Å². The molecule has 0 aliphatic rings. The maximum Gasteiger partial charge on any atom is 0.243 e. The standard InChI is InChI=1S/C31H37N5O5/c1-21(35-30(40)26(32)18-24-12-14-25(37)15-13-24)29(39)36-27(19-23-10-6-3-7-11-23)31(41)34-20-28(38)33-17-16-22-8-4-2-5-9-22/h2-15,21,26-27,37H,16-20,32H2,1H3,(H,33,38)(H,34,41)(H,35,40)(H,36,39)/t21-,26+,27+/m1/s1. The Morgan fingerprint density at radius 1 is 0.707 bits per heavy atom. The lowest BCUT2D eigenvalue weighted by molar-refractivity contribution is -0.132. The van der Waals surface area contributed by atoms with Crippen molar-refractivity contribution in [3.05, 3.63) is 102 Å². The Hall–Kier alpha value is -4.70. The average molecular weight is 560 g/mol. The van der Waals surface area contributed by atoms with Gasteiger partial charge in [0.15, 0.2) is 0 Å². The minimum absolute atomic E-state index is 0.106. The van der Waals surface area contributed by atoms with E-state index in [9.17, 15) is 24.3 Å². The van der Waals surface area contributed by atoms with E-state index in [0.717, 1.165) is 16.7 Å². The van der Waals surface area contributed by atoms with E-state index in [4.69, 9.17) is 5.73 Å². The molecular formula is C31H37N5O5. The van der Waals surface area contributed by atoms with E-state index in [2.05, 4.69) is 21.3 Å². The monoisotopic (exact) mass is 559 g/mol. The molecule has 0 saturated carbocycles. The number of rotatable bonds is 14. The van der Waals surface area contributed by atoms with Crippen LogP contribution in [0.15, 0.2) is 84.9 Å². The Morgan fingerprint density at radius 3 is 1.93 bits per heavy atom. The number of nitrogens with one attached hydrogen (secondary N) is 4. The second-order valence-electron chi connectivity index (χ2n) is 9.76. The van der Waals surface area contributed by atoms with Crippen molar-refractivity contribution in [3.8, 4) is 5.75 Å². The number of carbonyl (C=O) groups excluding carboxylic acids is 4. The number of hydrogen-bond acceptors (Lipinski definition) is 6. The second kappa shape index (κ2) is 15.8.